The van der Waals surface area contributed by atoms with Crippen LogP contribution in [-0.4, -0.2) is 40.2 Å². The Bertz CT molecular complexity index is 1610. The van der Waals surface area contributed by atoms with Gasteiger partial charge in [-0.1, -0.05) is 12.1 Å². The highest BCUT2D eigenvalue weighted by Crippen LogP contribution is 2.24. The summed E-state index contributed by atoms with van der Waals surface area (Å²) in [7, 11) is 2.58. The molecule has 0 bridgehead atoms. The third kappa shape index (κ3) is 4.45. The number of hydrogen-bond donors (Lipinski definition) is 1. The summed E-state index contributed by atoms with van der Waals surface area (Å²) in [5.74, 6) is -1.72. The highest BCUT2D eigenvalue weighted by molar-refractivity contribution is 6.02. The number of para-hydroxylation sites is 2. The molecule has 0 radical (unpaired) electrons. The second kappa shape index (κ2) is 9.82. The van der Waals surface area contributed by atoms with Gasteiger partial charge in [-0.25, -0.2) is 28.1 Å². The van der Waals surface area contributed by atoms with Crippen LogP contribution >= 0.6 is 0 Å². The van der Waals surface area contributed by atoms with Crippen molar-refractivity contribution >= 4 is 28.6 Å². The summed E-state index contributed by atoms with van der Waals surface area (Å²) in [6, 6.07) is 12.9. The number of ether oxygens (including phenoxy) is 2. The molecule has 0 unspecified atom stereocenters. The first-order valence-electron chi connectivity index (χ1n) is 10.7. The molecular weight excluding hydrogens is 471 g/mol. The molecule has 1 N–H and O–H groups in total. The largest absolute Gasteiger partial charge is 0.495 e. The van der Waals surface area contributed by atoms with E-state index in [1.54, 1.807) is 31.2 Å². The highest BCUT2D eigenvalue weighted by atomic mass is 19.1. The van der Waals surface area contributed by atoms with Crippen LogP contribution in [0.4, 0.5) is 10.1 Å². The van der Waals surface area contributed by atoms with Crippen LogP contribution in [-0.2, 0) is 16.1 Å². The van der Waals surface area contributed by atoms with Gasteiger partial charge in [0.1, 0.15) is 18.1 Å². The fraction of sp³-hybridized carbons (Fsp3) is 0.160. The van der Waals surface area contributed by atoms with Crippen LogP contribution in [0.3, 0.4) is 0 Å². The van der Waals surface area contributed by atoms with Crippen molar-refractivity contribution in [3.63, 3.8) is 0 Å². The third-order valence-corrected chi connectivity index (χ3v) is 5.38. The van der Waals surface area contributed by atoms with Gasteiger partial charge in [0.2, 0.25) is 5.91 Å². The molecule has 4 rings (SSSR count). The van der Waals surface area contributed by atoms with Gasteiger partial charge in [-0.15, -0.1) is 0 Å². The molecule has 0 saturated heterocycles. The molecular formula is C25H21FN4O6. The maximum atomic E-state index is 13.7. The highest BCUT2D eigenvalue weighted by Gasteiger charge is 2.24. The maximum absolute atomic E-state index is 13.7. The van der Waals surface area contributed by atoms with E-state index in [0.29, 0.717) is 16.0 Å². The van der Waals surface area contributed by atoms with Crippen LogP contribution in [0.25, 0.3) is 16.7 Å². The second-order valence-corrected chi connectivity index (χ2v) is 7.74. The number of rotatable bonds is 6. The van der Waals surface area contributed by atoms with Crippen LogP contribution in [0.1, 0.15) is 16.1 Å². The van der Waals surface area contributed by atoms with E-state index in [-0.39, 0.29) is 28.0 Å². The van der Waals surface area contributed by atoms with Gasteiger partial charge in [0, 0.05) is 11.4 Å². The number of aromatic nitrogens is 3. The molecule has 0 spiro atoms. The zero-order valence-corrected chi connectivity index (χ0v) is 19.6. The van der Waals surface area contributed by atoms with Crippen molar-refractivity contribution in [3.05, 3.63) is 92.5 Å². The first-order valence-corrected chi connectivity index (χ1v) is 10.7. The smallest absolute Gasteiger partial charge is 0.338 e. The number of amides is 1. The van der Waals surface area contributed by atoms with Gasteiger partial charge in [-0.05, 0) is 49.4 Å². The van der Waals surface area contributed by atoms with Crippen LogP contribution < -0.4 is 21.3 Å². The van der Waals surface area contributed by atoms with Crippen molar-refractivity contribution in [2.45, 2.75) is 13.5 Å². The number of pyridine rings is 1. The van der Waals surface area contributed by atoms with Gasteiger partial charge in [0.05, 0.1) is 30.9 Å². The van der Waals surface area contributed by atoms with Crippen LogP contribution in [0.2, 0.25) is 0 Å². The molecule has 2 aromatic heterocycles. The molecule has 0 aliphatic heterocycles. The summed E-state index contributed by atoms with van der Waals surface area (Å²) < 4.78 is 25.2. The Hall–Kier alpha value is -4.80. The topological polar surface area (TPSA) is 122 Å². The lowest BCUT2D eigenvalue weighted by molar-refractivity contribution is -0.116. The van der Waals surface area contributed by atoms with Gasteiger partial charge in [-0.3, -0.25) is 9.59 Å². The van der Waals surface area contributed by atoms with Gasteiger partial charge in [0.25, 0.3) is 5.56 Å². The molecule has 4 aromatic rings. The van der Waals surface area contributed by atoms with E-state index >= 15 is 0 Å². The molecule has 0 aliphatic rings. The minimum atomic E-state index is -0.900. The van der Waals surface area contributed by atoms with Crippen LogP contribution in [0, 0.1) is 12.7 Å². The predicted octanol–water partition coefficient (Wildman–Crippen LogP) is 2.43. The molecule has 10 nitrogen and oxygen atoms in total. The quantitative estimate of drug-likeness (QED) is 0.410. The average Bonchev–Trinajstić information content (AvgIpc) is 2.87. The molecule has 11 heteroatoms. The Labute approximate surface area is 203 Å². The van der Waals surface area contributed by atoms with Gasteiger partial charge in [-0.2, -0.15) is 0 Å². The Morgan fingerprint density at radius 3 is 2.42 bits per heavy atom. The predicted molar refractivity (Wildman–Crippen MR) is 129 cm³/mol. The lowest BCUT2D eigenvalue weighted by Gasteiger charge is -2.17. The Kier molecular flexibility index (Phi) is 6.64. The average molecular weight is 492 g/mol. The van der Waals surface area contributed by atoms with E-state index < -0.39 is 35.5 Å². The molecule has 0 saturated carbocycles. The van der Waals surface area contributed by atoms with Crippen molar-refractivity contribution in [1.29, 1.82) is 0 Å². The molecule has 0 aliphatic carbocycles. The summed E-state index contributed by atoms with van der Waals surface area (Å²) in [6.45, 7) is 0.916. The van der Waals surface area contributed by atoms with E-state index in [9.17, 15) is 23.6 Å². The number of carbonyl (C=O) groups excluding carboxylic acids is 2. The second-order valence-electron chi connectivity index (χ2n) is 7.74. The molecule has 36 heavy (non-hydrogen) atoms. The monoisotopic (exact) mass is 492 g/mol. The third-order valence-electron chi connectivity index (χ3n) is 5.38. The summed E-state index contributed by atoms with van der Waals surface area (Å²) in [4.78, 5) is 56.9. The molecule has 0 fully saturated rings. The van der Waals surface area contributed by atoms with E-state index in [1.165, 1.54) is 25.3 Å². The number of nitrogens with zero attached hydrogens (tertiary/aromatic N) is 3. The summed E-state index contributed by atoms with van der Waals surface area (Å²) >= 11 is 0. The fourth-order valence-corrected chi connectivity index (χ4v) is 3.78. The lowest BCUT2D eigenvalue weighted by atomic mass is 10.1. The lowest BCUT2D eigenvalue weighted by Crippen LogP contribution is -2.43. The van der Waals surface area contributed by atoms with Gasteiger partial charge in [0.15, 0.2) is 5.65 Å². The van der Waals surface area contributed by atoms with E-state index in [4.69, 9.17) is 9.47 Å². The standard InChI is InChI=1S/C25H21FN4O6/c1-14-12-17(24(33)36-3)21-22(27-14)30(18-6-4-5-7-19(18)35-2)25(34)29(23(21)32)13-20(31)28-16-10-8-15(26)9-11-16/h4-12H,13H2,1-3H3,(H,28,31). The Balaban J connectivity index is 1.99. The zero-order chi connectivity index (χ0) is 26.0. The van der Waals surface area contributed by atoms with Gasteiger partial charge >= 0.3 is 11.7 Å². The minimum Gasteiger partial charge on any atom is -0.495 e. The molecule has 2 aromatic carbocycles. The van der Waals surface area contributed by atoms with Crippen molar-refractivity contribution < 1.29 is 23.5 Å². The molecule has 0 atom stereocenters. The Morgan fingerprint density at radius 2 is 1.75 bits per heavy atom. The number of nitrogens with one attached hydrogen (secondary N) is 1. The fourth-order valence-electron chi connectivity index (χ4n) is 3.78. The van der Waals surface area contributed by atoms with E-state index in [1.807, 2.05) is 0 Å². The summed E-state index contributed by atoms with van der Waals surface area (Å²) in [6.07, 6.45) is 0. The number of halogens is 1. The van der Waals surface area contributed by atoms with E-state index in [0.717, 1.165) is 23.8 Å². The van der Waals surface area contributed by atoms with Gasteiger partial charge < -0.3 is 14.8 Å². The van der Waals surface area contributed by atoms with E-state index in [2.05, 4.69) is 10.3 Å². The molecule has 184 valence electrons. The van der Waals surface area contributed by atoms with Crippen LogP contribution in [0.15, 0.2) is 64.2 Å². The van der Waals surface area contributed by atoms with Crippen LogP contribution in [0.5, 0.6) is 5.75 Å². The first kappa shape index (κ1) is 24.3. The minimum absolute atomic E-state index is 0.0925. The number of esters is 1. The van der Waals surface area contributed by atoms with Crippen molar-refractivity contribution in [3.8, 4) is 11.4 Å². The van der Waals surface area contributed by atoms with Crippen molar-refractivity contribution in [1.82, 2.24) is 14.1 Å². The molecule has 1 amide bonds. The number of anilines is 1. The number of benzene rings is 2. The Morgan fingerprint density at radius 1 is 1.06 bits per heavy atom. The number of methoxy groups -OCH3 is 2. The number of carbonyl (C=O) groups is 2. The van der Waals surface area contributed by atoms with Crippen molar-refractivity contribution in [2.75, 3.05) is 19.5 Å². The number of hydrogen-bond acceptors (Lipinski definition) is 7. The molecule has 2 heterocycles. The zero-order valence-electron chi connectivity index (χ0n) is 19.6. The summed E-state index contributed by atoms with van der Waals surface area (Å²) in [5, 5.41) is 2.31. The summed E-state index contributed by atoms with van der Waals surface area (Å²) in [5.41, 5.74) is -1.10. The number of fused-ring (bicyclic) bond motifs is 1. The SMILES string of the molecule is COC(=O)c1cc(C)nc2c1c(=O)n(CC(=O)Nc1ccc(F)cc1)c(=O)n2-c1ccccc1OC. The van der Waals surface area contributed by atoms with Crippen molar-refractivity contribution in [2.24, 2.45) is 0 Å². The number of aryl methyl sites for hydroxylation is 1. The first-order chi connectivity index (χ1) is 17.2. The normalized spacial score (nSPS) is 10.8. The maximum Gasteiger partial charge on any atom is 0.338 e.